The van der Waals surface area contributed by atoms with Gasteiger partial charge in [0.15, 0.2) is 0 Å². The van der Waals surface area contributed by atoms with Gasteiger partial charge in [-0.25, -0.2) is 8.78 Å². The number of aryl methyl sites for hydroxylation is 1. The second-order valence-electron chi connectivity index (χ2n) is 3.97. The second kappa shape index (κ2) is 5.93. The Bertz CT molecular complexity index is 527. The monoisotopic (exact) mass is 374 g/mol. The number of benzene rings is 2. The van der Waals surface area contributed by atoms with Crippen LogP contribution in [0.1, 0.15) is 11.1 Å². The van der Waals surface area contributed by atoms with E-state index >= 15 is 0 Å². The van der Waals surface area contributed by atoms with Crippen molar-refractivity contribution in [2.75, 3.05) is 0 Å². The van der Waals surface area contributed by atoms with Gasteiger partial charge in [0.05, 0.1) is 0 Å². The quantitative estimate of drug-likeness (QED) is 0.685. The maximum atomic E-state index is 13.6. The van der Waals surface area contributed by atoms with Crippen LogP contribution >= 0.6 is 31.9 Å². The van der Waals surface area contributed by atoms with Crippen LogP contribution in [-0.2, 0) is 12.8 Å². The summed E-state index contributed by atoms with van der Waals surface area (Å²) in [6.07, 6.45) is 0.968. The van der Waals surface area contributed by atoms with E-state index in [1.54, 1.807) is 0 Å². The Hall–Kier alpha value is -0.740. The van der Waals surface area contributed by atoms with Crippen LogP contribution in [0.15, 0.2) is 45.3 Å². The molecule has 0 bridgehead atoms. The zero-order chi connectivity index (χ0) is 13.1. The van der Waals surface area contributed by atoms with Crippen molar-refractivity contribution in [2.45, 2.75) is 12.8 Å². The molecule has 0 nitrogen and oxygen atoms in total. The molecule has 0 aliphatic carbocycles. The summed E-state index contributed by atoms with van der Waals surface area (Å²) in [5, 5.41) is 0. The van der Waals surface area contributed by atoms with Crippen molar-refractivity contribution in [3.63, 3.8) is 0 Å². The van der Waals surface area contributed by atoms with Crippen molar-refractivity contribution in [3.8, 4) is 0 Å². The predicted molar refractivity (Wildman–Crippen MR) is 75.6 cm³/mol. The molecule has 0 atom stereocenters. The molecule has 0 unspecified atom stereocenters. The van der Waals surface area contributed by atoms with E-state index in [1.165, 1.54) is 12.1 Å². The Balaban J connectivity index is 2.13. The van der Waals surface area contributed by atoms with Crippen molar-refractivity contribution in [2.24, 2.45) is 0 Å². The number of hydrogen-bond acceptors (Lipinski definition) is 0. The van der Waals surface area contributed by atoms with Gasteiger partial charge in [-0.15, -0.1) is 0 Å². The minimum absolute atomic E-state index is 0.140. The molecule has 2 rings (SSSR count). The molecule has 0 saturated heterocycles. The van der Waals surface area contributed by atoms with Gasteiger partial charge in [-0.3, -0.25) is 0 Å². The number of rotatable bonds is 3. The molecule has 2 aromatic carbocycles. The third-order valence-electron chi connectivity index (χ3n) is 2.68. The van der Waals surface area contributed by atoms with Crippen molar-refractivity contribution in [3.05, 3.63) is 68.1 Å². The molecule has 18 heavy (non-hydrogen) atoms. The summed E-state index contributed by atoms with van der Waals surface area (Å²) in [6, 6.07) is 10.3. The summed E-state index contributed by atoms with van der Waals surface area (Å²) >= 11 is 6.41. The Labute approximate surface area is 121 Å². The number of halogens is 4. The SMILES string of the molecule is Fc1cc(Br)cc(F)c1CCc1ccc(Br)cc1. The molecular formula is C14H10Br2F2. The second-order valence-corrected chi connectivity index (χ2v) is 5.81. The molecule has 0 amide bonds. The zero-order valence-electron chi connectivity index (χ0n) is 9.39. The van der Waals surface area contributed by atoms with Gasteiger partial charge in [-0.2, -0.15) is 0 Å². The van der Waals surface area contributed by atoms with E-state index < -0.39 is 11.6 Å². The van der Waals surface area contributed by atoms with Gasteiger partial charge in [-0.05, 0) is 42.7 Å². The lowest BCUT2D eigenvalue weighted by Crippen LogP contribution is -1.99. The highest BCUT2D eigenvalue weighted by atomic mass is 79.9. The van der Waals surface area contributed by atoms with Gasteiger partial charge in [-0.1, -0.05) is 44.0 Å². The molecule has 0 radical (unpaired) electrons. The normalized spacial score (nSPS) is 10.7. The summed E-state index contributed by atoms with van der Waals surface area (Å²) in [4.78, 5) is 0. The van der Waals surface area contributed by atoms with E-state index in [0.717, 1.165) is 10.0 Å². The van der Waals surface area contributed by atoms with Crippen molar-refractivity contribution in [1.29, 1.82) is 0 Å². The fourth-order valence-electron chi connectivity index (χ4n) is 1.73. The van der Waals surface area contributed by atoms with Crippen LogP contribution in [0.4, 0.5) is 8.78 Å². The summed E-state index contributed by atoms with van der Waals surface area (Å²) in [6.45, 7) is 0. The van der Waals surface area contributed by atoms with Crippen molar-refractivity contribution < 1.29 is 8.78 Å². The lowest BCUT2D eigenvalue weighted by Gasteiger charge is -2.06. The third kappa shape index (κ3) is 3.39. The van der Waals surface area contributed by atoms with E-state index in [4.69, 9.17) is 0 Å². The maximum Gasteiger partial charge on any atom is 0.130 e. The molecule has 94 valence electrons. The predicted octanol–water partition coefficient (Wildman–Crippen LogP) is 5.28. The van der Waals surface area contributed by atoms with Crippen LogP contribution in [0.25, 0.3) is 0 Å². The molecular weight excluding hydrogens is 366 g/mol. The maximum absolute atomic E-state index is 13.6. The van der Waals surface area contributed by atoms with Gasteiger partial charge >= 0.3 is 0 Å². The lowest BCUT2D eigenvalue weighted by molar-refractivity contribution is 0.553. The highest BCUT2D eigenvalue weighted by Gasteiger charge is 2.10. The number of hydrogen-bond donors (Lipinski definition) is 0. The van der Waals surface area contributed by atoms with Crippen LogP contribution in [-0.4, -0.2) is 0 Å². The summed E-state index contributed by atoms with van der Waals surface area (Å²) in [5.41, 5.74) is 1.20. The largest absolute Gasteiger partial charge is 0.207 e. The first kappa shape index (κ1) is 13.7. The molecule has 0 fully saturated rings. The van der Waals surface area contributed by atoms with E-state index in [9.17, 15) is 8.78 Å². The minimum atomic E-state index is -0.501. The first-order valence-corrected chi connectivity index (χ1v) is 7.03. The minimum Gasteiger partial charge on any atom is -0.207 e. The molecule has 0 N–H and O–H groups in total. The summed E-state index contributed by atoms with van der Waals surface area (Å²) in [7, 11) is 0. The zero-order valence-corrected chi connectivity index (χ0v) is 12.6. The summed E-state index contributed by atoms with van der Waals surface area (Å²) in [5.74, 6) is -1.00. The standard InChI is InChI=1S/C14H10Br2F2/c15-10-4-1-9(2-5-10)3-6-12-13(17)7-11(16)8-14(12)18/h1-2,4-5,7-8H,3,6H2. The van der Waals surface area contributed by atoms with E-state index in [-0.39, 0.29) is 5.56 Å². The van der Waals surface area contributed by atoms with Crippen LogP contribution in [0.5, 0.6) is 0 Å². The average Bonchev–Trinajstić information content (AvgIpc) is 2.30. The third-order valence-corrected chi connectivity index (χ3v) is 3.67. The van der Waals surface area contributed by atoms with Crippen molar-refractivity contribution >= 4 is 31.9 Å². The van der Waals surface area contributed by atoms with E-state index in [1.807, 2.05) is 24.3 Å². The van der Waals surface area contributed by atoms with Crippen LogP contribution in [0.2, 0.25) is 0 Å². The van der Waals surface area contributed by atoms with Gasteiger partial charge in [0.2, 0.25) is 0 Å². The molecule has 0 aliphatic rings. The van der Waals surface area contributed by atoms with Crippen LogP contribution in [0, 0.1) is 11.6 Å². The molecule has 0 spiro atoms. The fraction of sp³-hybridized carbons (Fsp3) is 0.143. The Morgan fingerprint density at radius 1 is 0.778 bits per heavy atom. The molecule has 0 saturated carbocycles. The van der Waals surface area contributed by atoms with Crippen LogP contribution in [0.3, 0.4) is 0 Å². The van der Waals surface area contributed by atoms with Gasteiger partial charge in [0, 0.05) is 14.5 Å². The Morgan fingerprint density at radius 2 is 1.33 bits per heavy atom. The highest BCUT2D eigenvalue weighted by Crippen LogP contribution is 2.21. The topological polar surface area (TPSA) is 0 Å². The van der Waals surface area contributed by atoms with Gasteiger partial charge < -0.3 is 0 Å². The van der Waals surface area contributed by atoms with Gasteiger partial charge in [0.1, 0.15) is 11.6 Å². The molecule has 4 heteroatoms. The molecule has 0 heterocycles. The first-order chi connectivity index (χ1) is 8.56. The van der Waals surface area contributed by atoms with E-state index in [0.29, 0.717) is 17.3 Å². The van der Waals surface area contributed by atoms with Gasteiger partial charge in [0.25, 0.3) is 0 Å². The lowest BCUT2D eigenvalue weighted by atomic mass is 10.0. The average molecular weight is 376 g/mol. The molecule has 0 aromatic heterocycles. The highest BCUT2D eigenvalue weighted by molar-refractivity contribution is 9.10. The van der Waals surface area contributed by atoms with E-state index in [2.05, 4.69) is 31.9 Å². The Morgan fingerprint density at radius 3 is 1.89 bits per heavy atom. The Kier molecular flexibility index (Phi) is 4.51. The summed E-state index contributed by atoms with van der Waals surface area (Å²) < 4.78 is 28.6. The van der Waals surface area contributed by atoms with Crippen molar-refractivity contribution in [1.82, 2.24) is 0 Å². The fourth-order valence-corrected chi connectivity index (χ4v) is 2.40. The smallest absolute Gasteiger partial charge is 0.130 e. The van der Waals surface area contributed by atoms with Crippen LogP contribution < -0.4 is 0 Å². The first-order valence-electron chi connectivity index (χ1n) is 5.44. The molecule has 0 aliphatic heterocycles. The molecule has 2 aromatic rings.